The van der Waals surface area contributed by atoms with Gasteiger partial charge in [-0.1, -0.05) is 55.5 Å². The molecule has 0 spiro atoms. The summed E-state index contributed by atoms with van der Waals surface area (Å²) in [5.74, 6) is -1.24. The number of likely N-dealkylation sites (tertiary alicyclic amines) is 1. The number of fused-ring (bicyclic) bond motifs is 3. The second-order valence-corrected chi connectivity index (χ2v) is 9.38. The van der Waals surface area contributed by atoms with Crippen molar-refractivity contribution in [1.82, 2.24) is 10.2 Å². The fourth-order valence-electron chi connectivity index (χ4n) is 5.15. The van der Waals surface area contributed by atoms with Gasteiger partial charge in [0.25, 0.3) is 0 Å². The summed E-state index contributed by atoms with van der Waals surface area (Å²) in [6.07, 6.45) is 2.01. The third-order valence-corrected chi connectivity index (χ3v) is 7.20. The number of piperidine rings is 1. The largest absolute Gasteiger partial charge is 0.481 e. The molecule has 0 aromatic heterocycles. The lowest BCUT2D eigenvalue weighted by molar-refractivity contribution is -0.145. The Labute approximate surface area is 200 Å². The SMILES string of the molecule is CCC(C)(NC(=O)OCC1c2ccccc2-c2ccccc21)C(=O)N1CCCC[C@@H]1CC(=O)O. The number of carbonyl (C=O) groups excluding carboxylic acids is 2. The molecule has 2 atom stereocenters. The fourth-order valence-corrected chi connectivity index (χ4v) is 5.15. The van der Waals surface area contributed by atoms with Crippen molar-refractivity contribution in [2.45, 2.75) is 63.5 Å². The Morgan fingerprint density at radius 2 is 1.68 bits per heavy atom. The van der Waals surface area contributed by atoms with Crippen molar-refractivity contribution in [1.29, 1.82) is 0 Å². The van der Waals surface area contributed by atoms with Crippen LogP contribution in [-0.2, 0) is 14.3 Å². The molecular weight excluding hydrogens is 432 g/mol. The molecule has 2 N–H and O–H groups in total. The highest BCUT2D eigenvalue weighted by atomic mass is 16.5. The van der Waals surface area contributed by atoms with Gasteiger partial charge in [-0.3, -0.25) is 9.59 Å². The van der Waals surface area contributed by atoms with E-state index in [9.17, 15) is 19.5 Å². The first-order valence-corrected chi connectivity index (χ1v) is 12.0. The predicted molar refractivity (Wildman–Crippen MR) is 129 cm³/mol. The van der Waals surface area contributed by atoms with Gasteiger partial charge in [0.05, 0.1) is 6.42 Å². The number of carboxylic acids is 1. The number of carboxylic acid groups (broad SMARTS) is 1. The number of nitrogens with one attached hydrogen (secondary N) is 1. The zero-order valence-corrected chi connectivity index (χ0v) is 19.8. The van der Waals surface area contributed by atoms with Crippen molar-refractivity contribution in [3.63, 3.8) is 0 Å². The summed E-state index contributed by atoms with van der Waals surface area (Å²) >= 11 is 0. The lowest BCUT2D eigenvalue weighted by Crippen LogP contribution is -2.60. The summed E-state index contributed by atoms with van der Waals surface area (Å²) in [4.78, 5) is 39.2. The zero-order valence-electron chi connectivity index (χ0n) is 19.8. The highest BCUT2D eigenvalue weighted by Gasteiger charge is 2.41. The Kier molecular flexibility index (Phi) is 6.91. The van der Waals surface area contributed by atoms with Gasteiger partial charge in [0, 0.05) is 18.5 Å². The van der Waals surface area contributed by atoms with Crippen LogP contribution in [0.4, 0.5) is 4.79 Å². The quantitative estimate of drug-likeness (QED) is 0.627. The van der Waals surface area contributed by atoms with Crippen LogP contribution in [0.5, 0.6) is 0 Å². The Balaban J connectivity index is 1.44. The van der Waals surface area contributed by atoms with Crippen LogP contribution in [0.15, 0.2) is 48.5 Å². The number of hydrogen-bond acceptors (Lipinski definition) is 4. The van der Waals surface area contributed by atoms with Crippen LogP contribution in [0, 0.1) is 0 Å². The molecule has 7 heteroatoms. The van der Waals surface area contributed by atoms with Crippen molar-refractivity contribution in [3.05, 3.63) is 59.7 Å². The molecule has 1 fully saturated rings. The number of rotatable bonds is 7. The summed E-state index contributed by atoms with van der Waals surface area (Å²) in [6.45, 7) is 4.18. The number of carbonyl (C=O) groups is 3. The predicted octanol–water partition coefficient (Wildman–Crippen LogP) is 4.55. The van der Waals surface area contributed by atoms with Gasteiger partial charge >= 0.3 is 12.1 Å². The number of ether oxygens (including phenoxy) is 1. The van der Waals surface area contributed by atoms with Crippen LogP contribution >= 0.6 is 0 Å². The molecule has 2 aliphatic rings. The number of aliphatic carboxylic acids is 1. The molecule has 1 aliphatic carbocycles. The molecule has 1 heterocycles. The number of amides is 2. The lowest BCUT2D eigenvalue weighted by atomic mass is 9.92. The van der Waals surface area contributed by atoms with Gasteiger partial charge in [-0.2, -0.15) is 0 Å². The van der Waals surface area contributed by atoms with Crippen LogP contribution in [0.2, 0.25) is 0 Å². The van der Waals surface area contributed by atoms with Crippen LogP contribution in [0.1, 0.15) is 63.0 Å². The number of alkyl carbamates (subject to hydrolysis) is 1. The van der Waals surface area contributed by atoms with E-state index in [0.29, 0.717) is 19.4 Å². The highest BCUT2D eigenvalue weighted by molar-refractivity contribution is 5.90. The molecule has 0 saturated carbocycles. The van der Waals surface area contributed by atoms with Gasteiger partial charge in [0.15, 0.2) is 0 Å². The van der Waals surface area contributed by atoms with E-state index in [1.54, 1.807) is 11.8 Å². The topological polar surface area (TPSA) is 95.9 Å². The highest BCUT2D eigenvalue weighted by Crippen LogP contribution is 2.44. The van der Waals surface area contributed by atoms with Crippen molar-refractivity contribution >= 4 is 18.0 Å². The van der Waals surface area contributed by atoms with E-state index in [2.05, 4.69) is 29.6 Å². The molecule has 4 rings (SSSR count). The van der Waals surface area contributed by atoms with Gasteiger partial charge in [-0.05, 0) is 54.9 Å². The smallest absolute Gasteiger partial charge is 0.408 e. The Bertz CT molecular complexity index is 1040. The van der Waals surface area contributed by atoms with E-state index in [1.807, 2.05) is 31.2 Å². The van der Waals surface area contributed by atoms with E-state index in [0.717, 1.165) is 35.1 Å². The average molecular weight is 465 g/mol. The number of nitrogens with zero attached hydrogens (tertiary/aromatic N) is 1. The second kappa shape index (κ2) is 9.87. The zero-order chi connectivity index (χ0) is 24.3. The van der Waals surface area contributed by atoms with Crippen LogP contribution in [0.3, 0.4) is 0 Å². The van der Waals surface area contributed by atoms with Crippen molar-refractivity contribution in [2.75, 3.05) is 13.2 Å². The van der Waals surface area contributed by atoms with Crippen molar-refractivity contribution in [3.8, 4) is 11.1 Å². The molecular formula is C27H32N2O5. The molecule has 0 bridgehead atoms. The van der Waals surface area contributed by atoms with Gasteiger partial charge in [-0.15, -0.1) is 0 Å². The second-order valence-electron chi connectivity index (χ2n) is 9.38. The monoisotopic (exact) mass is 464 g/mol. The van der Waals surface area contributed by atoms with E-state index in [1.165, 1.54) is 0 Å². The maximum absolute atomic E-state index is 13.4. The van der Waals surface area contributed by atoms with Gasteiger partial charge < -0.3 is 20.1 Å². The first kappa shape index (κ1) is 23.8. The average Bonchev–Trinajstić information content (AvgIpc) is 3.16. The third kappa shape index (κ3) is 4.65. The van der Waals surface area contributed by atoms with Crippen LogP contribution in [-0.4, -0.2) is 52.7 Å². The summed E-state index contributed by atoms with van der Waals surface area (Å²) in [6, 6.07) is 15.9. The van der Waals surface area contributed by atoms with Crippen molar-refractivity contribution < 1.29 is 24.2 Å². The van der Waals surface area contributed by atoms with E-state index in [-0.39, 0.29) is 30.9 Å². The first-order chi connectivity index (χ1) is 16.3. The van der Waals surface area contributed by atoms with Gasteiger partial charge in [-0.25, -0.2) is 4.79 Å². The molecule has 34 heavy (non-hydrogen) atoms. The molecule has 1 aliphatic heterocycles. The number of hydrogen-bond donors (Lipinski definition) is 2. The molecule has 1 unspecified atom stereocenters. The van der Waals surface area contributed by atoms with E-state index < -0.39 is 17.6 Å². The summed E-state index contributed by atoms with van der Waals surface area (Å²) in [5, 5.41) is 12.0. The minimum Gasteiger partial charge on any atom is -0.481 e. The van der Waals surface area contributed by atoms with Crippen LogP contribution < -0.4 is 5.32 Å². The molecule has 180 valence electrons. The van der Waals surface area contributed by atoms with Crippen LogP contribution in [0.25, 0.3) is 11.1 Å². The van der Waals surface area contributed by atoms with Crippen molar-refractivity contribution in [2.24, 2.45) is 0 Å². The Morgan fingerprint density at radius 3 is 2.26 bits per heavy atom. The van der Waals surface area contributed by atoms with E-state index in [4.69, 9.17) is 4.74 Å². The minimum absolute atomic E-state index is 0.0659. The lowest BCUT2D eigenvalue weighted by Gasteiger charge is -2.40. The first-order valence-electron chi connectivity index (χ1n) is 12.0. The Morgan fingerprint density at radius 1 is 1.06 bits per heavy atom. The Hall–Kier alpha value is -3.35. The molecule has 7 nitrogen and oxygen atoms in total. The molecule has 0 radical (unpaired) electrons. The normalized spacial score (nSPS) is 19.0. The van der Waals surface area contributed by atoms with E-state index >= 15 is 0 Å². The third-order valence-electron chi connectivity index (χ3n) is 7.20. The minimum atomic E-state index is -1.17. The van der Waals surface area contributed by atoms with Gasteiger partial charge in [0.1, 0.15) is 12.1 Å². The van der Waals surface area contributed by atoms with Gasteiger partial charge in [0.2, 0.25) is 5.91 Å². The maximum atomic E-state index is 13.4. The summed E-state index contributed by atoms with van der Waals surface area (Å²) < 4.78 is 5.65. The molecule has 1 saturated heterocycles. The fraction of sp³-hybridized carbons (Fsp3) is 0.444. The standard InChI is InChI=1S/C27H32N2O5/c1-3-27(2,25(32)29-15-9-8-10-18(29)16-24(30)31)28-26(33)34-17-23-21-13-6-4-11-19(21)20-12-5-7-14-22(20)23/h4-7,11-14,18,23H,3,8-10,15-17H2,1-2H3,(H,28,33)(H,30,31)/t18-,27?/m1/s1. The number of benzene rings is 2. The summed E-state index contributed by atoms with van der Waals surface area (Å²) in [5.41, 5.74) is 3.37. The maximum Gasteiger partial charge on any atom is 0.408 e. The molecule has 2 amide bonds. The molecule has 2 aromatic rings. The summed E-state index contributed by atoms with van der Waals surface area (Å²) in [7, 11) is 0. The molecule has 2 aromatic carbocycles.